The van der Waals surface area contributed by atoms with Gasteiger partial charge in [-0.2, -0.15) is 13.2 Å². The molecule has 2 aromatic heterocycles. The number of alkyl halides is 3. The Bertz CT molecular complexity index is 1380. The number of amides is 2. The minimum atomic E-state index is -4.69. The fourth-order valence-electron chi connectivity index (χ4n) is 3.90. The average molecular weight is 567 g/mol. The van der Waals surface area contributed by atoms with E-state index >= 15 is 0 Å². The molecule has 1 aromatic carbocycles. The monoisotopic (exact) mass is 566 g/mol. The summed E-state index contributed by atoms with van der Waals surface area (Å²) in [5.74, 6) is -2.01. The highest BCUT2D eigenvalue weighted by atomic mass is 35.5. The third-order valence-corrected chi connectivity index (χ3v) is 6.23. The largest absolute Gasteiger partial charge is 0.418 e. The van der Waals surface area contributed by atoms with Crippen molar-refractivity contribution in [3.8, 4) is 0 Å². The number of hydrogen-bond donors (Lipinski definition) is 4. The van der Waals surface area contributed by atoms with Gasteiger partial charge in [-0.1, -0.05) is 11.6 Å². The maximum atomic E-state index is 14.8. The molecule has 39 heavy (non-hydrogen) atoms. The van der Waals surface area contributed by atoms with Crippen LogP contribution >= 0.6 is 11.6 Å². The summed E-state index contributed by atoms with van der Waals surface area (Å²) < 4.78 is 60.2. The van der Waals surface area contributed by atoms with E-state index in [0.717, 1.165) is 24.4 Å². The number of halogens is 5. The van der Waals surface area contributed by atoms with Crippen LogP contribution in [0.2, 0.25) is 5.02 Å². The molecule has 3 heterocycles. The maximum Gasteiger partial charge on any atom is 0.418 e. The lowest BCUT2D eigenvalue weighted by atomic mass is 9.96. The van der Waals surface area contributed by atoms with Gasteiger partial charge < -0.3 is 26.0 Å². The molecule has 1 aliphatic heterocycles. The molecule has 14 heteroatoms. The third-order valence-electron chi connectivity index (χ3n) is 6.00. The van der Waals surface area contributed by atoms with E-state index in [4.69, 9.17) is 16.3 Å². The van der Waals surface area contributed by atoms with Gasteiger partial charge in [0.2, 0.25) is 5.91 Å². The number of pyridine rings is 2. The van der Waals surface area contributed by atoms with Crippen LogP contribution < -0.4 is 21.3 Å². The van der Waals surface area contributed by atoms with Gasteiger partial charge in [-0.25, -0.2) is 4.39 Å². The second-order valence-corrected chi connectivity index (χ2v) is 9.14. The average Bonchev–Trinajstić information content (AvgIpc) is 3.38. The summed E-state index contributed by atoms with van der Waals surface area (Å²) in [5, 5.41) is 10.5. The van der Waals surface area contributed by atoms with Crippen molar-refractivity contribution < 1.29 is 31.9 Å². The van der Waals surface area contributed by atoms with E-state index in [1.54, 1.807) is 13.1 Å². The lowest BCUT2D eigenvalue weighted by Crippen LogP contribution is -2.59. The maximum absolute atomic E-state index is 14.8. The van der Waals surface area contributed by atoms with Crippen molar-refractivity contribution in [3.05, 3.63) is 76.6 Å². The third kappa shape index (κ3) is 6.55. The minimum absolute atomic E-state index is 0.0410. The van der Waals surface area contributed by atoms with Gasteiger partial charge >= 0.3 is 6.18 Å². The van der Waals surface area contributed by atoms with Crippen LogP contribution in [0, 0.1) is 5.82 Å². The molecule has 3 aromatic rings. The van der Waals surface area contributed by atoms with Gasteiger partial charge in [0.15, 0.2) is 0 Å². The van der Waals surface area contributed by atoms with Crippen molar-refractivity contribution in [2.45, 2.75) is 24.7 Å². The second-order valence-electron chi connectivity index (χ2n) is 8.70. The number of nitrogens with one attached hydrogen (secondary N) is 4. The molecule has 1 fully saturated rings. The summed E-state index contributed by atoms with van der Waals surface area (Å²) in [6, 6.07) is 5.68. The van der Waals surface area contributed by atoms with Gasteiger partial charge in [-0.3, -0.25) is 19.6 Å². The molecular formula is C25H23ClF4N6O3. The van der Waals surface area contributed by atoms with Crippen LogP contribution in [0.15, 0.2) is 48.9 Å². The molecule has 206 valence electrons. The molecule has 0 saturated carbocycles. The summed E-state index contributed by atoms with van der Waals surface area (Å²) in [7, 11) is 1.67. The lowest BCUT2D eigenvalue weighted by Gasteiger charge is -2.27. The number of benzene rings is 1. The molecule has 0 aliphatic carbocycles. The predicted octanol–water partition coefficient (Wildman–Crippen LogP) is 4.28. The van der Waals surface area contributed by atoms with Crippen molar-refractivity contribution in [1.82, 2.24) is 20.6 Å². The van der Waals surface area contributed by atoms with E-state index in [1.807, 2.05) is 0 Å². The summed E-state index contributed by atoms with van der Waals surface area (Å²) in [4.78, 5) is 33.8. The van der Waals surface area contributed by atoms with Crippen molar-refractivity contribution in [1.29, 1.82) is 0 Å². The number of rotatable bonds is 8. The number of anilines is 3. The topological polar surface area (TPSA) is 117 Å². The number of carbonyl (C=O) groups is 2. The molecule has 1 saturated heterocycles. The van der Waals surface area contributed by atoms with Crippen LogP contribution in [0.25, 0.3) is 0 Å². The Morgan fingerprint density at radius 2 is 1.92 bits per heavy atom. The van der Waals surface area contributed by atoms with Gasteiger partial charge in [-0.15, -0.1) is 0 Å². The van der Waals surface area contributed by atoms with E-state index < -0.39 is 34.9 Å². The summed E-state index contributed by atoms with van der Waals surface area (Å²) in [6.45, 7) is -0.209. The van der Waals surface area contributed by atoms with Crippen LogP contribution in [0.1, 0.15) is 28.0 Å². The second kappa shape index (κ2) is 11.4. The first kappa shape index (κ1) is 28.0. The number of aromatic nitrogens is 2. The smallest absolute Gasteiger partial charge is 0.387 e. The first-order valence-corrected chi connectivity index (χ1v) is 12.0. The van der Waals surface area contributed by atoms with E-state index in [0.29, 0.717) is 5.69 Å². The Morgan fingerprint density at radius 3 is 2.59 bits per heavy atom. The van der Waals surface area contributed by atoms with Gasteiger partial charge in [-0.05, 0) is 24.3 Å². The Kier molecular flexibility index (Phi) is 8.21. The molecule has 0 unspecified atom stereocenters. The molecular weight excluding hydrogens is 544 g/mol. The molecule has 9 nitrogen and oxygen atoms in total. The zero-order valence-corrected chi connectivity index (χ0v) is 21.2. The van der Waals surface area contributed by atoms with Gasteiger partial charge in [0.05, 0.1) is 53.2 Å². The predicted molar refractivity (Wildman–Crippen MR) is 135 cm³/mol. The van der Waals surface area contributed by atoms with Gasteiger partial charge in [0, 0.05) is 43.6 Å². The molecule has 4 rings (SSSR count). The molecule has 2 amide bonds. The number of ether oxygens (including phenoxy) is 1. The van der Waals surface area contributed by atoms with Gasteiger partial charge in [0.25, 0.3) is 5.91 Å². The van der Waals surface area contributed by atoms with Crippen LogP contribution in [-0.2, 0) is 22.3 Å². The van der Waals surface area contributed by atoms with E-state index in [1.165, 1.54) is 18.5 Å². The Labute approximate surface area is 225 Å². The lowest BCUT2D eigenvalue weighted by molar-refractivity contribution is -0.137. The highest BCUT2D eigenvalue weighted by Gasteiger charge is 2.44. The van der Waals surface area contributed by atoms with Crippen LogP contribution in [-0.4, -0.2) is 47.6 Å². The Balaban J connectivity index is 1.44. The molecule has 1 atom stereocenters. The Morgan fingerprint density at radius 1 is 1.13 bits per heavy atom. The standard InChI is InChI=1S/C25H23ClF4N6O3/c1-31-16-6-14(9-32-10-16)22(37)36-24(4-5-39-13-24)23(38)34-12-21-19(27)8-17(11-33-21)35-20-3-2-15(26)7-18(20)25(28,29)30/h2-3,6-11,31,35H,4-5,12-13H2,1H3,(H,34,38)(H,36,37)/t24-/m0/s1. The fraction of sp³-hybridized carbons (Fsp3) is 0.280. The zero-order chi connectivity index (χ0) is 28.2. The normalized spacial score (nSPS) is 17.0. The van der Waals surface area contributed by atoms with E-state index in [2.05, 4.69) is 31.2 Å². The molecule has 1 aliphatic rings. The fourth-order valence-corrected chi connectivity index (χ4v) is 4.08. The SMILES string of the molecule is CNc1cncc(C(=O)N[C@@]2(C(=O)NCc3ncc(Nc4ccc(Cl)cc4C(F)(F)F)cc3F)CCOC2)c1. The highest BCUT2D eigenvalue weighted by Crippen LogP contribution is 2.37. The van der Waals surface area contributed by atoms with Crippen molar-refractivity contribution in [2.24, 2.45) is 0 Å². The number of nitrogens with zero attached hydrogens (tertiary/aromatic N) is 2. The first-order chi connectivity index (χ1) is 18.5. The van der Waals surface area contributed by atoms with Crippen LogP contribution in [0.3, 0.4) is 0 Å². The van der Waals surface area contributed by atoms with Crippen LogP contribution in [0.5, 0.6) is 0 Å². The van der Waals surface area contributed by atoms with Crippen LogP contribution in [0.4, 0.5) is 34.6 Å². The summed E-state index contributed by atoms with van der Waals surface area (Å²) in [5.41, 5.74) is -2.11. The van der Waals surface area contributed by atoms with Crippen molar-refractivity contribution in [2.75, 3.05) is 30.9 Å². The number of hydrogen-bond acceptors (Lipinski definition) is 7. The number of carbonyl (C=O) groups excluding carboxylic acids is 2. The minimum Gasteiger partial charge on any atom is -0.387 e. The molecule has 0 bridgehead atoms. The zero-order valence-electron chi connectivity index (χ0n) is 20.5. The Hall–Kier alpha value is -3.97. The first-order valence-electron chi connectivity index (χ1n) is 11.6. The summed E-state index contributed by atoms with van der Waals surface area (Å²) in [6.07, 6.45) is -0.480. The molecule has 0 spiro atoms. The van der Waals surface area contributed by atoms with E-state index in [9.17, 15) is 27.2 Å². The summed E-state index contributed by atoms with van der Waals surface area (Å²) >= 11 is 5.69. The van der Waals surface area contributed by atoms with Gasteiger partial charge in [0.1, 0.15) is 11.4 Å². The quantitative estimate of drug-likeness (QED) is 0.301. The van der Waals surface area contributed by atoms with Crippen molar-refractivity contribution >= 4 is 40.5 Å². The van der Waals surface area contributed by atoms with Crippen molar-refractivity contribution in [3.63, 3.8) is 0 Å². The molecule has 0 radical (unpaired) electrons. The highest BCUT2D eigenvalue weighted by molar-refractivity contribution is 6.30. The molecule has 4 N–H and O–H groups in total. The van der Waals surface area contributed by atoms with E-state index in [-0.39, 0.29) is 53.8 Å².